The lowest BCUT2D eigenvalue weighted by Crippen LogP contribution is -2.37. The van der Waals surface area contributed by atoms with Gasteiger partial charge < -0.3 is 15.1 Å². The van der Waals surface area contributed by atoms with Crippen molar-refractivity contribution in [2.24, 2.45) is 5.92 Å². The molecule has 0 radical (unpaired) electrons. The van der Waals surface area contributed by atoms with Crippen molar-refractivity contribution in [1.82, 2.24) is 15.1 Å². The van der Waals surface area contributed by atoms with Crippen LogP contribution in [0, 0.1) is 12.8 Å². The molecule has 4 rings (SSSR count). The molecule has 0 spiro atoms. The Morgan fingerprint density at radius 3 is 2.08 bits per heavy atom. The normalized spacial score (nSPS) is 15.7. The minimum atomic E-state index is 0.427. The molecule has 196 valence electrons. The third kappa shape index (κ3) is 7.56. The predicted octanol–water partition coefficient (Wildman–Crippen LogP) is 6.59. The zero-order valence-electron chi connectivity index (χ0n) is 23.3. The summed E-state index contributed by atoms with van der Waals surface area (Å²) >= 11 is 0. The SMILES string of the molecule is C=C(NCC(C)N(C)C)c1ccc(CC2CCN(CC(c3ccccc3)c3ccccc3)CC2)c(C)c1. The molecule has 3 nitrogen and oxygen atoms in total. The largest absolute Gasteiger partial charge is 0.383 e. The van der Waals surface area contributed by atoms with E-state index in [0.717, 1.165) is 24.7 Å². The van der Waals surface area contributed by atoms with Gasteiger partial charge in [-0.05, 0) is 100 Å². The average molecular weight is 496 g/mol. The van der Waals surface area contributed by atoms with Crippen molar-refractivity contribution in [2.45, 2.75) is 45.1 Å². The average Bonchev–Trinajstić information content (AvgIpc) is 2.93. The minimum absolute atomic E-state index is 0.427. The second-order valence-corrected chi connectivity index (χ2v) is 11.1. The highest BCUT2D eigenvalue weighted by molar-refractivity contribution is 5.62. The van der Waals surface area contributed by atoms with Crippen molar-refractivity contribution in [1.29, 1.82) is 0 Å². The quantitative estimate of drug-likeness (QED) is 0.324. The van der Waals surface area contributed by atoms with Gasteiger partial charge >= 0.3 is 0 Å². The maximum atomic E-state index is 4.28. The Balaban J connectivity index is 1.31. The molecule has 1 unspecified atom stereocenters. The van der Waals surface area contributed by atoms with Gasteiger partial charge in [-0.3, -0.25) is 0 Å². The van der Waals surface area contributed by atoms with Crippen LogP contribution in [0.1, 0.15) is 53.5 Å². The standard InChI is InChI=1S/C34H45N3/c1-26-22-33(28(3)35-24-27(2)36(4)5)17-16-32(26)23-29-18-20-37(21-19-29)25-34(30-12-8-6-9-13-30)31-14-10-7-11-15-31/h6-17,22,27,29,34-35H,3,18-21,23-25H2,1-2,4-5H3. The van der Waals surface area contributed by atoms with Crippen LogP contribution in [-0.2, 0) is 6.42 Å². The minimum Gasteiger partial charge on any atom is -0.383 e. The summed E-state index contributed by atoms with van der Waals surface area (Å²) in [5.74, 6) is 1.19. The van der Waals surface area contributed by atoms with E-state index in [-0.39, 0.29) is 0 Å². The summed E-state index contributed by atoms with van der Waals surface area (Å²) in [7, 11) is 4.23. The summed E-state index contributed by atoms with van der Waals surface area (Å²) in [4.78, 5) is 4.91. The van der Waals surface area contributed by atoms with Crippen LogP contribution in [0.2, 0.25) is 0 Å². The number of likely N-dealkylation sites (tertiary alicyclic amines) is 1. The molecule has 1 heterocycles. The molecule has 3 aromatic rings. The first-order valence-electron chi connectivity index (χ1n) is 13.9. The first kappa shape index (κ1) is 27.2. The number of hydrogen-bond donors (Lipinski definition) is 1. The Kier molecular flexibility index (Phi) is 9.60. The number of nitrogens with zero attached hydrogens (tertiary/aromatic N) is 2. The molecule has 1 fully saturated rings. The van der Waals surface area contributed by atoms with Crippen LogP contribution in [0.25, 0.3) is 5.70 Å². The molecule has 3 aromatic carbocycles. The van der Waals surface area contributed by atoms with Gasteiger partial charge in [-0.25, -0.2) is 0 Å². The molecule has 37 heavy (non-hydrogen) atoms. The maximum absolute atomic E-state index is 4.28. The third-order valence-corrected chi connectivity index (χ3v) is 8.24. The summed E-state index contributed by atoms with van der Waals surface area (Å²) in [6.45, 7) is 13.1. The van der Waals surface area contributed by atoms with Crippen LogP contribution >= 0.6 is 0 Å². The topological polar surface area (TPSA) is 18.5 Å². The Labute approximate surface area is 225 Å². The molecule has 3 heteroatoms. The summed E-state index contributed by atoms with van der Waals surface area (Å²) in [5, 5.41) is 3.51. The molecule has 0 amide bonds. The number of aryl methyl sites for hydroxylation is 1. The number of rotatable bonds is 11. The Bertz CT molecular complexity index is 1070. The predicted molar refractivity (Wildman–Crippen MR) is 159 cm³/mol. The number of benzene rings is 3. The maximum Gasteiger partial charge on any atom is 0.0341 e. The second kappa shape index (κ2) is 13.1. The van der Waals surface area contributed by atoms with Gasteiger partial charge in [0, 0.05) is 30.7 Å². The highest BCUT2D eigenvalue weighted by Gasteiger charge is 2.24. The second-order valence-electron chi connectivity index (χ2n) is 11.1. The van der Waals surface area contributed by atoms with Crippen LogP contribution in [-0.4, -0.2) is 56.1 Å². The van der Waals surface area contributed by atoms with E-state index in [2.05, 4.69) is 129 Å². The van der Waals surface area contributed by atoms with E-state index in [1.54, 1.807) is 0 Å². The monoisotopic (exact) mass is 495 g/mol. The molecular weight excluding hydrogens is 450 g/mol. The molecule has 0 saturated carbocycles. The molecule has 0 bridgehead atoms. The van der Waals surface area contributed by atoms with Crippen molar-refractivity contribution >= 4 is 5.70 Å². The first-order chi connectivity index (χ1) is 17.9. The van der Waals surface area contributed by atoms with E-state index >= 15 is 0 Å². The van der Waals surface area contributed by atoms with Gasteiger partial charge in [0.1, 0.15) is 0 Å². The smallest absolute Gasteiger partial charge is 0.0341 e. The van der Waals surface area contributed by atoms with Crippen molar-refractivity contribution in [3.8, 4) is 0 Å². The van der Waals surface area contributed by atoms with Gasteiger partial charge in [0.25, 0.3) is 0 Å². The van der Waals surface area contributed by atoms with E-state index in [9.17, 15) is 0 Å². The van der Waals surface area contributed by atoms with E-state index in [0.29, 0.717) is 12.0 Å². The Morgan fingerprint density at radius 1 is 0.946 bits per heavy atom. The fourth-order valence-corrected chi connectivity index (χ4v) is 5.38. The van der Waals surface area contributed by atoms with Gasteiger partial charge in [0.05, 0.1) is 0 Å². The van der Waals surface area contributed by atoms with E-state index in [1.807, 2.05) is 0 Å². The number of piperidine rings is 1. The van der Waals surface area contributed by atoms with E-state index < -0.39 is 0 Å². The van der Waals surface area contributed by atoms with Gasteiger partial charge in [0.2, 0.25) is 0 Å². The van der Waals surface area contributed by atoms with Crippen molar-refractivity contribution in [2.75, 3.05) is 40.3 Å². The molecule has 1 saturated heterocycles. The molecular formula is C34H45N3. The third-order valence-electron chi connectivity index (χ3n) is 8.24. The highest BCUT2D eigenvalue weighted by atomic mass is 15.1. The van der Waals surface area contributed by atoms with Gasteiger partial charge in [-0.1, -0.05) is 79.4 Å². The Morgan fingerprint density at radius 2 is 1.54 bits per heavy atom. The zero-order chi connectivity index (χ0) is 26.2. The summed E-state index contributed by atoms with van der Waals surface area (Å²) < 4.78 is 0. The Hall–Kier alpha value is -2.88. The number of likely N-dealkylation sites (N-methyl/N-ethyl adjacent to an activating group) is 1. The van der Waals surface area contributed by atoms with Crippen molar-refractivity contribution in [3.63, 3.8) is 0 Å². The van der Waals surface area contributed by atoms with Crippen molar-refractivity contribution in [3.05, 3.63) is 113 Å². The molecule has 1 atom stereocenters. The van der Waals surface area contributed by atoms with Crippen molar-refractivity contribution < 1.29 is 0 Å². The van der Waals surface area contributed by atoms with Crippen LogP contribution in [0.15, 0.2) is 85.4 Å². The van der Waals surface area contributed by atoms with Crippen LogP contribution in [0.5, 0.6) is 0 Å². The fourth-order valence-electron chi connectivity index (χ4n) is 5.38. The molecule has 0 aliphatic carbocycles. The molecule has 1 N–H and O–H groups in total. The molecule has 1 aliphatic heterocycles. The molecule has 1 aliphatic rings. The zero-order valence-corrected chi connectivity index (χ0v) is 23.3. The van der Waals surface area contributed by atoms with Crippen LogP contribution < -0.4 is 5.32 Å². The lowest BCUT2D eigenvalue weighted by Gasteiger charge is -2.35. The van der Waals surface area contributed by atoms with E-state index in [4.69, 9.17) is 0 Å². The first-order valence-corrected chi connectivity index (χ1v) is 13.9. The summed E-state index contributed by atoms with van der Waals surface area (Å²) in [6, 6.07) is 29.4. The van der Waals surface area contributed by atoms with Crippen LogP contribution in [0.4, 0.5) is 0 Å². The lowest BCUT2D eigenvalue weighted by molar-refractivity contribution is 0.179. The lowest BCUT2D eigenvalue weighted by atomic mass is 9.86. The van der Waals surface area contributed by atoms with E-state index in [1.165, 1.54) is 60.2 Å². The van der Waals surface area contributed by atoms with Gasteiger partial charge in [-0.2, -0.15) is 0 Å². The van der Waals surface area contributed by atoms with Gasteiger partial charge in [0.15, 0.2) is 0 Å². The summed E-state index contributed by atoms with van der Waals surface area (Å²) in [5.41, 5.74) is 7.93. The highest BCUT2D eigenvalue weighted by Crippen LogP contribution is 2.29. The van der Waals surface area contributed by atoms with Gasteiger partial charge in [-0.15, -0.1) is 0 Å². The number of nitrogens with one attached hydrogen (secondary N) is 1. The van der Waals surface area contributed by atoms with Crippen LogP contribution in [0.3, 0.4) is 0 Å². The fraction of sp³-hybridized carbons (Fsp3) is 0.412. The number of hydrogen-bond acceptors (Lipinski definition) is 3. The summed E-state index contributed by atoms with van der Waals surface area (Å²) in [6.07, 6.45) is 3.72. The molecule has 0 aromatic heterocycles.